The number of aryl methyl sites for hydroxylation is 1. The Morgan fingerprint density at radius 3 is 2.25 bits per heavy atom. The lowest BCUT2D eigenvalue weighted by molar-refractivity contribution is -0.146. The fourth-order valence-corrected chi connectivity index (χ4v) is 4.63. The van der Waals surface area contributed by atoms with E-state index in [0.29, 0.717) is 5.56 Å². The number of sulfonamides is 1. The summed E-state index contributed by atoms with van der Waals surface area (Å²) in [7, 11) is -4.01. The Bertz CT molecular complexity index is 1010. The van der Waals surface area contributed by atoms with Gasteiger partial charge in [0.1, 0.15) is 17.8 Å². The van der Waals surface area contributed by atoms with Gasteiger partial charge >= 0.3 is 5.97 Å². The number of ether oxygens (including phenoxy) is 1. The fourth-order valence-electron chi connectivity index (χ4n) is 2.88. The largest absolute Gasteiger partial charge is 0.508 e. The number of phenols is 1. The first-order valence-electron chi connectivity index (χ1n) is 9.99. The molecule has 0 heterocycles. The third-order valence-corrected chi connectivity index (χ3v) is 6.70. The summed E-state index contributed by atoms with van der Waals surface area (Å²) in [5, 5.41) is 12.1. The van der Waals surface area contributed by atoms with Crippen LogP contribution in [0.2, 0.25) is 0 Å². The first-order chi connectivity index (χ1) is 15.2. The van der Waals surface area contributed by atoms with Gasteiger partial charge in [-0.1, -0.05) is 29.8 Å². The molecule has 2 atom stereocenters. The molecular formula is C22H28N2O6S2. The molecule has 1 amide bonds. The highest BCUT2D eigenvalue weighted by molar-refractivity contribution is 7.98. The average molecular weight is 481 g/mol. The molecule has 2 aromatic carbocycles. The SMILES string of the molecule is CCOC(=O)C(CSC)NC(=O)C(Cc1ccc(O)cc1)NS(=O)(=O)c1ccc(C)cc1. The van der Waals surface area contributed by atoms with E-state index in [1.807, 2.05) is 6.92 Å². The Morgan fingerprint density at radius 2 is 1.69 bits per heavy atom. The van der Waals surface area contributed by atoms with Crippen LogP contribution in [0.25, 0.3) is 0 Å². The number of benzene rings is 2. The number of carbonyl (C=O) groups is 2. The van der Waals surface area contributed by atoms with Crippen LogP contribution in [0.15, 0.2) is 53.4 Å². The van der Waals surface area contributed by atoms with Crippen molar-refractivity contribution < 1.29 is 27.9 Å². The van der Waals surface area contributed by atoms with Crippen LogP contribution in [0.4, 0.5) is 0 Å². The van der Waals surface area contributed by atoms with E-state index in [1.54, 1.807) is 37.4 Å². The van der Waals surface area contributed by atoms with E-state index >= 15 is 0 Å². The van der Waals surface area contributed by atoms with Crippen molar-refractivity contribution in [3.63, 3.8) is 0 Å². The van der Waals surface area contributed by atoms with Gasteiger partial charge < -0.3 is 15.2 Å². The molecule has 2 aromatic rings. The van der Waals surface area contributed by atoms with Gasteiger partial charge in [0.2, 0.25) is 15.9 Å². The van der Waals surface area contributed by atoms with Gasteiger partial charge in [0.25, 0.3) is 0 Å². The van der Waals surface area contributed by atoms with Crippen LogP contribution in [-0.4, -0.2) is 56.1 Å². The normalized spacial score (nSPS) is 13.2. The van der Waals surface area contributed by atoms with Crippen molar-refractivity contribution in [1.82, 2.24) is 10.0 Å². The van der Waals surface area contributed by atoms with Crippen LogP contribution < -0.4 is 10.0 Å². The van der Waals surface area contributed by atoms with Crippen molar-refractivity contribution in [2.45, 2.75) is 37.2 Å². The Kier molecular flexibility index (Phi) is 9.55. The van der Waals surface area contributed by atoms with E-state index < -0.39 is 34.0 Å². The molecule has 10 heteroatoms. The van der Waals surface area contributed by atoms with E-state index in [-0.39, 0.29) is 29.4 Å². The van der Waals surface area contributed by atoms with E-state index in [4.69, 9.17) is 4.74 Å². The number of hydrogen-bond donors (Lipinski definition) is 3. The zero-order valence-electron chi connectivity index (χ0n) is 18.2. The number of esters is 1. The third kappa shape index (κ3) is 7.54. The second-order valence-electron chi connectivity index (χ2n) is 7.13. The van der Waals surface area contributed by atoms with Crippen LogP contribution in [0.5, 0.6) is 5.75 Å². The van der Waals surface area contributed by atoms with Crippen molar-refractivity contribution in [2.75, 3.05) is 18.6 Å². The summed E-state index contributed by atoms with van der Waals surface area (Å²) >= 11 is 1.35. The zero-order chi connectivity index (χ0) is 23.7. The minimum absolute atomic E-state index is 0.0199. The average Bonchev–Trinajstić information content (AvgIpc) is 2.74. The molecule has 2 rings (SSSR count). The Hall–Kier alpha value is -2.56. The minimum atomic E-state index is -4.01. The smallest absolute Gasteiger partial charge is 0.329 e. The molecule has 0 aliphatic rings. The lowest BCUT2D eigenvalue weighted by atomic mass is 10.1. The Balaban J connectivity index is 2.29. The highest BCUT2D eigenvalue weighted by atomic mass is 32.2. The second kappa shape index (κ2) is 11.9. The first-order valence-corrected chi connectivity index (χ1v) is 12.9. The van der Waals surface area contributed by atoms with Gasteiger partial charge in [-0.05, 0) is 56.4 Å². The van der Waals surface area contributed by atoms with Gasteiger partial charge in [0.05, 0.1) is 11.5 Å². The molecule has 0 radical (unpaired) electrons. The van der Waals surface area contributed by atoms with Gasteiger partial charge in [-0.25, -0.2) is 13.2 Å². The monoisotopic (exact) mass is 480 g/mol. The number of nitrogens with one attached hydrogen (secondary N) is 2. The second-order valence-corrected chi connectivity index (χ2v) is 9.75. The zero-order valence-corrected chi connectivity index (χ0v) is 19.8. The first kappa shape index (κ1) is 25.7. The summed E-state index contributed by atoms with van der Waals surface area (Å²) in [5.74, 6) is -0.903. The molecule has 0 spiro atoms. The maximum atomic E-state index is 13.1. The molecule has 2 unspecified atom stereocenters. The molecule has 3 N–H and O–H groups in total. The van der Waals surface area contributed by atoms with Crippen LogP contribution in [0.3, 0.4) is 0 Å². The van der Waals surface area contributed by atoms with E-state index in [9.17, 15) is 23.1 Å². The summed E-state index contributed by atoms with van der Waals surface area (Å²) in [6.45, 7) is 3.67. The number of phenolic OH excluding ortho intramolecular Hbond substituents is 1. The molecule has 0 saturated carbocycles. The van der Waals surface area contributed by atoms with E-state index in [1.165, 1.54) is 36.0 Å². The summed E-state index contributed by atoms with van der Waals surface area (Å²) in [6.07, 6.45) is 1.80. The summed E-state index contributed by atoms with van der Waals surface area (Å²) in [6, 6.07) is 10.2. The molecule has 0 aliphatic carbocycles. The summed E-state index contributed by atoms with van der Waals surface area (Å²) in [5.41, 5.74) is 1.53. The molecule has 8 nitrogen and oxygen atoms in total. The molecule has 32 heavy (non-hydrogen) atoms. The van der Waals surface area contributed by atoms with Crippen molar-refractivity contribution >= 4 is 33.7 Å². The lowest BCUT2D eigenvalue weighted by Gasteiger charge is -2.22. The Labute approximate surface area is 192 Å². The lowest BCUT2D eigenvalue weighted by Crippen LogP contribution is -2.53. The molecule has 0 fully saturated rings. The summed E-state index contributed by atoms with van der Waals surface area (Å²) in [4.78, 5) is 25.3. The van der Waals surface area contributed by atoms with Gasteiger partial charge in [0.15, 0.2) is 0 Å². The quantitative estimate of drug-likeness (QED) is 0.421. The van der Waals surface area contributed by atoms with E-state index in [2.05, 4.69) is 10.0 Å². The third-order valence-electron chi connectivity index (χ3n) is 4.54. The predicted molar refractivity (Wildman–Crippen MR) is 124 cm³/mol. The van der Waals surface area contributed by atoms with Crippen molar-refractivity contribution in [3.8, 4) is 5.75 Å². The van der Waals surface area contributed by atoms with Gasteiger partial charge in [-0.2, -0.15) is 16.5 Å². The highest BCUT2D eigenvalue weighted by Crippen LogP contribution is 2.15. The predicted octanol–water partition coefficient (Wildman–Crippen LogP) is 2.00. The number of thioether (sulfide) groups is 1. The number of carbonyl (C=O) groups excluding carboxylic acids is 2. The van der Waals surface area contributed by atoms with Crippen LogP contribution in [0.1, 0.15) is 18.1 Å². The minimum Gasteiger partial charge on any atom is -0.508 e. The number of hydrogen-bond acceptors (Lipinski definition) is 7. The maximum absolute atomic E-state index is 13.1. The Morgan fingerprint density at radius 1 is 1.06 bits per heavy atom. The number of aromatic hydroxyl groups is 1. The van der Waals surface area contributed by atoms with Gasteiger partial charge in [0, 0.05) is 5.75 Å². The molecule has 174 valence electrons. The van der Waals surface area contributed by atoms with Crippen molar-refractivity contribution in [2.24, 2.45) is 0 Å². The molecule has 0 saturated heterocycles. The van der Waals surface area contributed by atoms with Crippen LogP contribution >= 0.6 is 11.8 Å². The van der Waals surface area contributed by atoms with Gasteiger partial charge in [-0.3, -0.25) is 4.79 Å². The maximum Gasteiger partial charge on any atom is 0.329 e. The topological polar surface area (TPSA) is 122 Å². The molecule has 0 aromatic heterocycles. The molecular weight excluding hydrogens is 452 g/mol. The van der Waals surface area contributed by atoms with E-state index in [0.717, 1.165) is 5.56 Å². The van der Waals surface area contributed by atoms with Crippen LogP contribution in [-0.2, 0) is 30.8 Å². The number of amides is 1. The fraction of sp³-hybridized carbons (Fsp3) is 0.364. The van der Waals surface area contributed by atoms with Crippen LogP contribution in [0, 0.1) is 6.92 Å². The summed E-state index contributed by atoms with van der Waals surface area (Å²) < 4.78 is 33.3. The van der Waals surface area contributed by atoms with Crippen molar-refractivity contribution in [3.05, 3.63) is 59.7 Å². The molecule has 0 bridgehead atoms. The van der Waals surface area contributed by atoms with Crippen molar-refractivity contribution in [1.29, 1.82) is 0 Å². The molecule has 0 aliphatic heterocycles. The highest BCUT2D eigenvalue weighted by Gasteiger charge is 2.30. The standard InChI is InChI=1S/C22H28N2O6S2/c1-4-30-22(27)20(14-31-3)23-21(26)19(13-16-7-9-17(25)10-8-16)24-32(28,29)18-11-5-15(2)6-12-18/h5-12,19-20,24-25H,4,13-14H2,1-3H3,(H,23,26). The van der Waals surface area contributed by atoms with Gasteiger partial charge in [-0.15, -0.1) is 0 Å². The number of rotatable bonds is 11.